The third kappa shape index (κ3) is 3.68. The lowest BCUT2D eigenvalue weighted by Gasteiger charge is -2.36. The Morgan fingerprint density at radius 2 is 2.04 bits per heavy atom. The molecule has 3 rings (SSSR count). The number of rotatable bonds is 4. The molecule has 5 heteroatoms. The van der Waals surface area contributed by atoms with Gasteiger partial charge in [-0.1, -0.05) is 30.3 Å². The molecule has 0 radical (unpaired) electrons. The predicted octanol–water partition coefficient (Wildman–Crippen LogP) is 3.29. The lowest BCUT2D eigenvalue weighted by atomic mass is 9.83. The van der Waals surface area contributed by atoms with Gasteiger partial charge in [0.25, 0.3) is 0 Å². The van der Waals surface area contributed by atoms with Gasteiger partial charge in [0.2, 0.25) is 0 Å². The highest BCUT2D eigenvalue weighted by atomic mass is 16.7. The molecule has 1 heterocycles. The van der Waals surface area contributed by atoms with Crippen molar-refractivity contribution in [1.29, 1.82) is 0 Å². The van der Waals surface area contributed by atoms with Gasteiger partial charge in [0.15, 0.2) is 5.79 Å². The van der Waals surface area contributed by atoms with Crippen LogP contribution in [0.2, 0.25) is 0 Å². The number of hydrogen-bond donors (Lipinski definition) is 0. The monoisotopic (exact) mass is 331 g/mol. The van der Waals surface area contributed by atoms with E-state index in [9.17, 15) is 4.79 Å². The molecular formula is C19H25NO4. The smallest absolute Gasteiger partial charge is 0.314 e. The van der Waals surface area contributed by atoms with Gasteiger partial charge in [-0.25, -0.2) is 0 Å². The number of benzene rings is 1. The summed E-state index contributed by atoms with van der Waals surface area (Å²) in [6, 6.07) is 10.1. The summed E-state index contributed by atoms with van der Waals surface area (Å²) >= 11 is 0. The molecule has 1 aromatic carbocycles. The summed E-state index contributed by atoms with van der Waals surface area (Å²) < 4.78 is 16.9. The highest BCUT2D eigenvalue weighted by Gasteiger charge is 2.45. The number of aliphatic imine (C=N–C) groups is 1. The highest BCUT2D eigenvalue weighted by Crippen LogP contribution is 2.38. The third-order valence-electron chi connectivity index (χ3n) is 4.69. The number of ether oxygens (including phenoxy) is 3. The first-order valence-electron chi connectivity index (χ1n) is 8.69. The van der Waals surface area contributed by atoms with Gasteiger partial charge in [0.05, 0.1) is 31.8 Å². The van der Waals surface area contributed by atoms with Crippen molar-refractivity contribution < 1.29 is 19.0 Å². The molecule has 1 saturated carbocycles. The largest absolute Gasteiger partial charge is 0.465 e. The Kier molecular flexibility index (Phi) is 5.31. The van der Waals surface area contributed by atoms with E-state index in [0.717, 1.165) is 11.3 Å². The van der Waals surface area contributed by atoms with Crippen molar-refractivity contribution in [1.82, 2.24) is 0 Å². The maximum absolute atomic E-state index is 12.3. The molecule has 0 amide bonds. The molecule has 1 aliphatic carbocycles. The summed E-state index contributed by atoms with van der Waals surface area (Å²) in [6.07, 6.45) is 1.89. The lowest BCUT2D eigenvalue weighted by Crippen LogP contribution is -2.43. The van der Waals surface area contributed by atoms with Crippen LogP contribution in [0, 0.1) is 5.92 Å². The molecule has 2 fully saturated rings. The highest BCUT2D eigenvalue weighted by molar-refractivity contribution is 6.03. The average Bonchev–Trinajstić information content (AvgIpc) is 3.04. The van der Waals surface area contributed by atoms with Crippen LogP contribution in [0.15, 0.2) is 35.3 Å². The Morgan fingerprint density at radius 3 is 2.71 bits per heavy atom. The molecule has 24 heavy (non-hydrogen) atoms. The molecule has 0 N–H and O–H groups in total. The Labute approximate surface area is 143 Å². The lowest BCUT2D eigenvalue weighted by molar-refractivity contribution is -0.168. The zero-order chi connectivity index (χ0) is 17.0. The average molecular weight is 331 g/mol. The summed E-state index contributed by atoms with van der Waals surface area (Å²) in [4.78, 5) is 17.2. The van der Waals surface area contributed by atoms with Gasteiger partial charge in [0, 0.05) is 18.6 Å². The number of nitrogens with zero attached hydrogens (tertiary/aromatic N) is 1. The van der Waals surface area contributed by atoms with E-state index in [1.54, 1.807) is 0 Å². The van der Waals surface area contributed by atoms with Crippen molar-refractivity contribution in [2.45, 2.75) is 44.9 Å². The number of carbonyl (C=O) groups is 1. The maximum Gasteiger partial charge on any atom is 0.314 e. The molecule has 1 aliphatic heterocycles. The summed E-state index contributed by atoms with van der Waals surface area (Å²) in [5, 5.41) is 0. The number of esters is 1. The Morgan fingerprint density at radius 1 is 1.33 bits per heavy atom. The Hall–Kier alpha value is -1.72. The molecule has 0 bridgehead atoms. The minimum atomic E-state index is -0.599. The first-order chi connectivity index (χ1) is 11.6. The normalized spacial score (nSPS) is 25.8. The molecule has 1 spiro atoms. The molecule has 0 aromatic heterocycles. The summed E-state index contributed by atoms with van der Waals surface area (Å²) in [7, 11) is 0. The second-order valence-electron chi connectivity index (χ2n) is 6.33. The van der Waals surface area contributed by atoms with Gasteiger partial charge >= 0.3 is 5.97 Å². The standard InChI is InChI=1S/C19H25NO4/c1-3-22-18(21)16-9-10-19(23-11-12-24-19)13-17(16)20-14(2)15-7-5-4-6-8-15/h4-8,14,16H,3,9-13H2,1-2H3. The summed E-state index contributed by atoms with van der Waals surface area (Å²) in [5.74, 6) is -1.09. The van der Waals surface area contributed by atoms with Crippen molar-refractivity contribution >= 4 is 11.7 Å². The Bertz CT molecular complexity index is 593. The van der Waals surface area contributed by atoms with Crippen LogP contribution in [0.3, 0.4) is 0 Å². The third-order valence-corrected chi connectivity index (χ3v) is 4.69. The van der Waals surface area contributed by atoms with E-state index < -0.39 is 5.79 Å². The fourth-order valence-corrected chi connectivity index (χ4v) is 3.45. The van der Waals surface area contributed by atoms with Gasteiger partial charge in [-0.05, 0) is 25.8 Å². The van der Waals surface area contributed by atoms with Crippen LogP contribution >= 0.6 is 0 Å². The van der Waals surface area contributed by atoms with Crippen LogP contribution < -0.4 is 0 Å². The Balaban J connectivity index is 1.84. The summed E-state index contributed by atoms with van der Waals surface area (Å²) in [6.45, 7) is 5.46. The predicted molar refractivity (Wildman–Crippen MR) is 90.9 cm³/mol. The number of hydrogen-bond acceptors (Lipinski definition) is 5. The molecule has 5 nitrogen and oxygen atoms in total. The minimum absolute atomic E-state index is 0.0188. The SMILES string of the molecule is CCOC(=O)C1CCC2(CC1=NC(C)c1ccccc1)OCCO2. The van der Waals surface area contributed by atoms with E-state index >= 15 is 0 Å². The van der Waals surface area contributed by atoms with E-state index in [1.807, 2.05) is 32.0 Å². The van der Waals surface area contributed by atoms with Gasteiger partial charge in [-0.15, -0.1) is 0 Å². The van der Waals surface area contributed by atoms with E-state index in [4.69, 9.17) is 19.2 Å². The van der Waals surface area contributed by atoms with Gasteiger partial charge < -0.3 is 14.2 Å². The van der Waals surface area contributed by atoms with Crippen molar-refractivity contribution in [2.75, 3.05) is 19.8 Å². The quantitative estimate of drug-likeness (QED) is 0.794. The second-order valence-corrected chi connectivity index (χ2v) is 6.33. The van der Waals surface area contributed by atoms with Gasteiger partial charge in [-0.2, -0.15) is 0 Å². The molecule has 1 saturated heterocycles. The van der Waals surface area contributed by atoms with E-state index in [-0.39, 0.29) is 17.9 Å². The summed E-state index contributed by atoms with van der Waals surface area (Å²) in [5.41, 5.74) is 1.96. The zero-order valence-corrected chi connectivity index (χ0v) is 14.4. The van der Waals surface area contributed by atoms with Crippen LogP contribution in [0.4, 0.5) is 0 Å². The molecule has 2 atom stereocenters. The van der Waals surface area contributed by atoms with Crippen molar-refractivity contribution in [3.63, 3.8) is 0 Å². The van der Waals surface area contributed by atoms with E-state index in [1.165, 1.54) is 0 Å². The van der Waals surface area contributed by atoms with E-state index in [2.05, 4.69) is 12.1 Å². The van der Waals surface area contributed by atoms with Crippen molar-refractivity contribution in [2.24, 2.45) is 10.9 Å². The van der Waals surface area contributed by atoms with E-state index in [0.29, 0.717) is 39.1 Å². The zero-order valence-electron chi connectivity index (χ0n) is 14.4. The second kappa shape index (κ2) is 7.45. The van der Waals surface area contributed by atoms with Crippen LogP contribution in [0.25, 0.3) is 0 Å². The van der Waals surface area contributed by atoms with Crippen LogP contribution in [-0.2, 0) is 19.0 Å². The van der Waals surface area contributed by atoms with Crippen LogP contribution in [0.5, 0.6) is 0 Å². The van der Waals surface area contributed by atoms with Crippen molar-refractivity contribution in [3.05, 3.63) is 35.9 Å². The maximum atomic E-state index is 12.3. The first kappa shape index (κ1) is 17.1. The first-order valence-corrected chi connectivity index (χ1v) is 8.69. The van der Waals surface area contributed by atoms with Crippen molar-refractivity contribution in [3.8, 4) is 0 Å². The number of carbonyl (C=O) groups excluding carboxylic acids is 1. The molecular weight excluding hydrogens is 306 g/mol. The molecule has 1 aromatic rings. The molecule has 2 unspecified atom stereocenters. The topological polar surface area (TPSA) is 57.1 Å². The van der Waals surface area contributed by atoms with Gasteiger partial charge in [0.1, 0.15) is 0 Å². The molecule has 130 valence electrons. The van der Waals surface area contributed by atoms with Crippen LogP contribution in [-0.4, -0.2) is 37.3 Å². The minimum Gasteiger partial charge on any atom is -0.465 e. The van der Waals surface area contributed by atoms with Crippen LogP contribution in [0.1, 0.15) is 44.7 Å². The van der Waals surface area contributed by atoms with Gasteiger partial charge in [-0.3, -0.25) is 9.79 Å². The fraction of sp³-hybridized carbons (Fsp3) is 0.579. The fourth-order valence-electron chi connectivity index (χ4n) is 3.45. The molecule has 2 aliphatic rings.